The van der Waals surface area contributed by atoms with Crippen LogP contribution in [0.3, 0.4) is 0 Å². The van der Waals surface area contributed by atoms with Crippen molar-refractivity contribution in [1.29, 1.82) is 0 Å². The minimum atomic E-state index is -0.181. The zero-order valence-electron chi connectivity index (χ0n) is 9.92. The Morgan fingerprint density at radius 3 is 2.75 bits per heavy atom. The van der Waals surface area contributed by atoms with Crippen LogP contribution in [0.1, 0.15) is 28.7 Å². The number of aromatic nitrogens is 2. The van der Waals surface area contributed by atoms with Crippen LogP contribution < -0.4 is 5.32 Å². The van der Waals surface area contributed by atoms with Gasteiger partial charge in [0.05, 0.1) is 5.39 Å². The van der Waals surface area contributed by atoms with Gasteiger partial charge in [-0.3, -0.25) is 9.48 Å². The lowest BCUT2D eigenvalue weighted by Gasteiger charge is -1.99. The van der Waals surface area contributed by atoms with Crippen molar-refractivity contribution in [3.8, 4) is 0 Å². The highest BCUT2D eigenvalue weighted by Gasteiger charge is 2.21. The van der Waals surface area contributed by atoms with Crippen molar-refractivity contribution in [3.05, 3.63) is 17.0 Å². The number of furan rings is 1. The molecule has 0 aliphatic carbocycles. The standard InChI is InChI=1S/C11H15N3O2/c1-5-12-10(15)9-6(2)8-7(3)14(4)13-11(8)16-9/h5H2,1-4H3,(H,12,15). The Balaban J connectivity index is 2.58. The number of nitrogens with zero attached hydrogens (tertiary/aromatic N) is 2. The second-order valence-electron chi connectivity index (χ2n) is 3.80. The molecule has 0 radical (unpaired) electrons. The fourth-order valence-electron chi connectivity index (χ4n) is 1.83. The van der Waals surface area contributed by atoms with Crippen molar-refractivity contribution in [2.45, 2.75) is 20.8 Å². The lowest BCUT2D eigenvalue weighted by atomic mass is 10.2. The fraction of sp³-hybridized carbons (Fsp3) is 0.455. The third kappa shape index (κ3) is 1.39. The molecule has 0 aliphatic heterocycles. The van der Waals surface area contributed by atoms with Crippen LogP contribution in [0.5, 0.6) is 0 Å². The number of aryl methyl sites for hydroxylation is 3. The fourth-order valence-corrected chi connectivity index (χ4v) is 1.83. The summed E-state index contributed by atoms with van der Waals surface area (Å²) in [7, 11) is 1.86. The minimum absolute atomic E-state index is 0.181. The van der Waals surface area contributed by atoms with Crippen molar-refractivity contribution in [1.82, 2.24) is 15.1 Å². The first-order valence-electron chi connectivity index (χ1n) is 5.27. The van der Waals surface area contributed by atoms with E-state index in [4.69, 9.17) is 4.42 Å². The quantitative estimate of drug-likeness (QED) is 0.836. The number of fused-ring (bicyclic) bond motifs is 1. The first-order chi connectivity index (χ1) is 7.56. The van der Waals surface area contributed by atoms with Crippen LogP contribution in [0.25, 0.3) is 11.1 Å². The highest BCUT2D eigenvalue weighted by Crippen LogP contribution is 2.26. The van der Waals surface area contributed by atoms with E-state index in [9.17, 15) is 4.79 Å². The lowest BCUT2D eigenvalue weighted by Crippen LogP contribution is -2.22. The van der Waals surface area contributed by atoms with Crippen molar-refractivity contribution < 1.29 is 9.21 Å². The molecule has 5 nitrogen and oxygen atoms in total. The molecule has 1 amide bonds. The second kappa shape index (κ2) is 3.66. The molecule has 2 aromatic rings. The SMILES string of the molecule is CCNC(=O)c1oc2nn(C)c(C)c2c1C. The van der Waals surface area contributed by atoms with Gasteiger partial charge in [0, 0.05) is 24.8 Å². The molecule has 0 saturated heterocycles. The van der Waals surface area contributed by atoms with E-state index >= 15 is 0 Å². The van der Waals surface area contributed by atoms with Crippen molar-refractivity contribution in [3.63, 3.8) is 0 Å². The first-order valence-corrected chi connectivity index (χ1v) is 5.27. The summed E-state index contributed by atoms with van der Waals surface area (Å²) in [4.78, 5) is 11.7. The summed E-state index contributed by atoms with van der Waals surface area (Å²) in [5.41, 5.74) is 2.39. The molecule has 0 bridgehead atoms. The predicted molar refractivity (Wildman–Crippen MR) is 60.5 cm³/mol. The highest BCUT2D eigenvalue weighted by molar-refractivity contribution is 5.98. The molecule has 0 atom stereocenters. The second-order valence-corrected chi connectivity index (χ2v) is 3.80. The number of carbonyl (C=O) groups is 1. The zero-order valence-corrected chi connectivity index (χ0v) is 9.92. The highest BCUT2D eigenvalue weighted by atomic mass is 16.4. The van der Waals surface area contributed by atoms with E-state index in [2.05, 4.69) is 10.4 Å². The lowest BCUT2D eigenvalue weighted by molar-refractivity contribution is 0.0929. The predicted octanol–water partition coefficient (Wildman–Crippen LogP) is 1.53. The van der Waals surface area contributed by atoms with E-state index in [-0.39, 0.29) is 5.91 Å². The topological polar surface area (TPSA) is 60.1 Å². The first kappa shape index (κ1) is 10.7. The van der Waals surface area contributed by atoms with Gasteiger partial charge in [0.25, 0.3) is 5.91 Å². The Bertz CT molecular complexity index is 551. The van der Waals surface area contributed by atoms with Crippen LogP contribution in [0.2, 0.25) is 0 Å². The summed E-state index contributed by atoms with van der Waals surface area (Å²) in [6.45, 7) is 6.30. The van der Waals surface area contributed by atoms with Crippen LogP contribution in [-0.4, -0.2) is 22.2 Å². The summed E-state index contributed by atoms with van der Waals surface area (Å²) in [5, 5.41) is 7.86. The van der Waals surface area contributed by atoms with Gasteiger partial charge in [0.15, 0.2) is 5.76 Å². The maximum Gasteiger partial charge on any atom is 0.287 e. The molecular weight excluding hydrogens is 206 g/mol. The maximum absolute atomic E-state index is 11.7. The summed E-state index contributed by atoms with van der Waals surface area (Å²) in [6, 6.07) is 0. The average molecular weight is 221 g/mol. The van der Waals surface area contributed by atoms with Crippen molar-refractivity contribution in [2.75, 3.05) is 6.54 Å². The molecule has 0 spiro atoms. The Labute approximate surface area is 93.4 Å². The minimum Gasteiger partial charge on any atom is -0.431 e. The molecule has 2 rings (SSSR count). The molecule has 1 N–H and O–H groups in total. The van der Waals surface area contributed by atoms with Crippen LogP contribution in [-0.2, 0) is 7.05 Å². The molecule has 0 aliphatic rings. The van der Waals surface area contributed by atoms with Gasteiger partial charge in [-0.25, -0.2) is 0 Å². The summed E-state index contributed by atoms with van der Waals surface area (Å²) in [5.74, 6) is 0.183. The Morgan fingerprint density at radius 1 is 1.50 bits per heavy atom. The van der Waals surface area contributed by atoms with E-state index < -0.39 is 0 Å². The Morgan fingerprint density at radius 2 is 2.19 bits per heavy atom. The molecule has 2 heterocycles. The number of carbonyl (C=O) groups excluding carboxylic acids is 1. The molecule has 5 heteroatoms. The molecule has 0 unspecified atom stereocenters. The molecule has 86 valence electrons. The molecule has 0 fully saturated rings. The molecule has 16 heavy (non-hydrogen) atoms. The van der Waals surface area contributed by atoms with Crippen LogP contribution in [0, 0.1) is 13.8 Å². The van der Waals surface area contributed by atoms with Crippen molar-refractivity contribution >= 4 is 17.0 Å². The molecule has 0 aromatic carbocycles. The van der Waals surface area contributed by atoms with Gasteiger partial charge < -0.3 is 9.73 Å². The zero-order chi connectivity index (χ0) is 11.9. The van der Waals surface area contributed by atoms with Gasteiger partial charge in [-0.15, -0.1) is 5.10 Å². The maximum atomic E-state index is 11.7. The Hall–Kier alpha value is -1.78. The smallest absolute Gasteiger partial charge is 0.287 e. The third-order valence-electron chi connectivity index (χ3n) is 2.76. The summed E-state index contributed by atoms with van der Waals surface area (Å²) < 4.78 is 7.22. The number of nitrogens with one attached hydrogen (secondary N) is 1. The average Bonchev–Trinajstić information content (AvgIpc) is 2.68. The van der Waals surface area contributed by atoms with E-state index in [1.54, 1.807) is 4.68 Å². The van der Waals surface area contributed by atoms with E-state index in [0.29, 0.717) is 18.0 Å². The van der Waals surface area contributed by atoms with Gasteiger partial charge in [0.2, 0.25) is 5.71 Å². The van der Waals surface area contributed by atoms with Crippen molar-refractivity contribution in [2.24, 2.45) is 7.05 Å². The molecular formula is C11H15N3O2. The molecule has 2 aromatic heterocycles. The van der Waals surface area contributed by atoms with Crippen LogP contribution in [0.15, 0.2) is 4.42 Å². The van der Waals surface area contributed by atoms with E-state index in [0.717, 1.165) is 16.6 Å². The van der Waals surface area contributed by atoms with Gasteiger partial charge in [-0.2, -0.15) is 0 Å². The molecule has 0 saturated carbocycles. The van der Waals surface area contributed by atoms with Crippen LogP contribution >= 0.6 is 0 Å². The Kier molecular flexibility index (Phi) is 2.46. The van der Waals surface area contributed by atoms with Gasteiger partial charge in [-0.05, 0) is 20.8 Å². The van der Waals surface area contributed by atoms with E-state index in [1.165, 1.54) is 0 Å². The third-order valence-corrected chi connectivity index (χ3v) is 2.76. The van der Waals surface area contributed by atoms with Gasteiger partial charge in [-0.1, -0.05) is 0 Å². The number of hydrogen-bond donors (Lipinski definition) is 1. The number of hydrogen-bond acceptors (Lipinski definition) is 3. The summed E-state index contributed by atoms with van der Waals surface area (Å²) >= 11 is 0. The van der Waals surface area contributed by atoms with Gasteiger partial charge in [0.1, 0.15) is 0 Å². The van der Waals surface area contributed by atoms with Crippen LogP contribution in [0.4, 0.5) is 0 Å². The monoisotopic (exact) mass is 221 g/mol. The largest absolute Gasteiger partial charge is 0.431 e. The summed E-state index contributed by atoms with van der Waals surface area (Å²) in [6.07, 6.45) is 0. The van der Waals surface area contributed by atoms with E-state index in [1.807, 2.05) is 27.8 Å². The normalized spacial score (nSPS) is 11.0. The number of amides is 1. The number of rotatable bonds is 2. The van der Waals surface area contributed by atoms with Gasteiger partial charge >= 0.3 is 0 Å².